The van der Waals surface area contributed by atoms with Gasteiger partial charge in [-0.1, -0.05) is 268 Å². The van der Waals surface area contributed by atoms with Crippen molar-refractivity contribution in [2.45, 2.75) is 322 Å². The van der Waals surface area contributed by atoms with Gasteiger partial charge in [0.1, 0.15) is 13.2 Å². The molecule has 6 nitrogen and oxygen atoms in total. The van der Waals surface area contributed by atoms with Gasteiger partial charge in [0.25, 0.3) is 0 Å². The Morgan fingerprint density at radius 1 is 0.304 bits per heavy atom. The fourth-order valence-electron chi connectivity index (χ4n) is 8.81. The van der Waals surface area contributed by atoms with Crippen LogP contribution < -0.4 is 0 Å². The lowest BCUT2D eigenvalue weighted by Gasteiger charge is -2.18. The van der Waals surface area contributed by atoms with E-state index in [1.807, 2.05) is 0 Å². The molecule has 402 valence electrons. The predicted octanol–water partition coefficient (Wildman–Crippen LogP) is 20.2. The molecule has 0 saturated carbocycles. The fourth-order valence-corrected chi connectivity index (χ4v) is 8.81. The standard InChI is InChI=1S/C63H114O6/c1-4-7-10-13-16-19-22-25-26-27-28-29-30-31-32-33-34-35-36-39-41-44-47-50-53-56-62(65)68-59-60(69-63(66)57-54-51-48-45-42-38-24-21-18-15-12-9-6-3)58-67-61(64)55-52-49-46-43-40-37-23-20-17-14-11-8-5-2/h9,12,18,20-21,23,38,42,60H,4-8,10-11,13-17,19,22,24-37,39-41,43-59H2,1-3H3/b12-9-,21-18-,23-20-,42-38-. The first-order valence-electron chi connectivity index (χ1n) is 30.1. The van der Waals surface area contributed by atoms with Crippen LogP contribution >= 0.6 is 0 Å². The molecule has 0 aliphatic carbocycles. The Bertz CT molecular complexity index is 1200. The smallest absolute Gasteiger partial charge is 0.306 e. The first-order chi connectivity index (χ1) is 34.0. The molecule has 1 unspecified atom stereocenters. The summed E-state index contributed by atoms with van der Waals surface area (Å²) in [4.78, 5) is 38.1. The zero-order valence-corrected chi connectivity index (χ0v) is 46.1. The summed E-state index contributed by atoms with van der Waals surface area (Å²) in [5.41, 5.74) is 0. The van der Waals surface area contributed by atoms with Crippen molar-refractivity contribution in [3.63, 3.8) is 0 Å². The summed E-state index contributed by atoms with van der Waals surface area (Å²) in [6.45, 7) is 6.52. The minimum atomic E-state index is -0.789. The fraction of sp³-hybridized carbons (Fsp3) is 0.825. The van der Waals surface area contributed by atoms with E-state index in [2.05, 4.69) is 69.4 Å². The summed E-state index contributed by atoms with van der Waals surface area (Å²) in [7, 11) is 0. The monoisotopic (exact) mass is 967 g/mol. The molecule has 69 heavy (non-hydrogen) atoms. The summed E-state index contributed by atoms with van der Waals surface area (Å²) in [5.74, 6) is -0.909. The molecule has 0 aliphatic heterocycles. The van der Waals surface area contributed by atoms with Crippen molar-refractivity contribution >= 4 is 17.9 Å². The second-order valence-corrected chi connectivity index (χ2v) is 20.2. The van der Waals surface area contributed by atoms with Crippen LogP contribution in [0.5, 0.6) is 0 Å². The molecule has 0 heterocycles. The number of rotatable bonds is 55. The Balaban J connectivity index is 4.22. The lowest BCUT2D eigenvalue weighted by atomic mass is 10.0. The lowest BCUT2D eigenvalue weighted by Crippen LogP contribution is -2.30. The van der Waals surface area contributed by atoms with E-state index in [0.717, 1.165) is 89.9 Å². The molecule has 0 aromatic rings. The van der Waals surface area contributed by atoms with Crippen LogP contribution in [0, 0.1) is 0 Å². The Kier molecular flexibility index (Phi) is 55.7. The molecule has 0 rings (SSSR count). The van der Waals surface area contributed by atoms with Crippen LogP contribution in [0.1, 0.15) is 316 Å². The van der Waals surface area contributed by atoms with Crippen LogP contribution in [0.4, 0.5) is 0 Å². The molecule has 0 aliphatic rings. The highest BCUT2D eigenvalue weighted by Crippen LogP contribution is 2.17. The van der Waals surface area contributed by atoms with E-state index < -0.39 is 6.10 Å². The van der Waals surface area contributed by atoms with Gasteiger partial charge in [-0.05, 0) is 77.0 Å². The van der Waals surface area contributed by atoms with Gasteiger partial charge in [0.05, 0.1) is 0 Å². The van der Waals surface area contributed by atoms with E-state index in [-0.39, 0.29) is 31.1 Å². The largest absolute Gasteiger partial charge is 0.462 e. The quantitative estimate of drug-likeness (QED) is 0.0262. The van der Waals surface area contributed by atoms with Gasteiger partial charge in [0.15, 0.2) is 6.10 Å². The molecule has 0 amide bonds. The number of unbranched alkanes of at least 4 members (excludes halogenated alkanes) is 36. The maximum Gasteiger partial charge on any atom is 0.306 e. The average molecular weight is 968 g/mol. The third kappa shape index (κ3) is 56.2. The zero-order valence-electron chi connectivity index (χ0n) is 46.1. The van der Waals surface area contributed by atoms with Gasteiger partial charge < -0.3 is 14.2 Å². The number of hydrogen-bond donors (Lipinski definition) is 0. The van der Waals surface area contributed by atoms with Gasteiger partial charge in [-0.3, -0.25) is 14.4 Å². The minimum absolute atomic E-state index is 0.0847. The lowest BCUT2D eigenvalue weighted by molar-refractivity contribution is -0.167. The van der Waals surface area contributed by atoms with E-state index in [9.17, 15) is 14.4 Å². The number of ether oxygens (including phenoxy) is 3. The number of hydrogen-bond acceptors (Lipinski definition) is 6. The maximum atomic E-state index is 12.8. The number of carbonyl (C=O) groups is 3. The van der Waals surface area contributed by atoms with Crippen LogP contribution in [-0.2, 0) is 28.6 Å². The van der Waals surface area contributed by atoms with Crippen molar-refractivity contribution in [3.05, 3.63) is 48.6 Å². The molecule has 0 saturated heterocycles. The Morgan fingerprint density at radius 3 is 0.928 bits per heavy atom. The third-order valence-corrected chi connectivity index (χ3v) is 13.3. The van der Waals surface area contributed by atoms with E-state index >= 15 is 0 Å². The Hall–Kier alpha value is -2.63. The van der Waals surface area contributed by atoms with Crippen molar-refractivity contribution in [2.24, 2.45) is 0 Å². The molecule has 0 N–H and O–H groups in total. The van der Waals surface area contributed by atoms with Crippen LogP contribution in [0.25, 0.3) is 0 Å². The minimum Gasteiger partial charge on any atom is -0.462 e. The van der Waals surface area contributed by atoms with Crippen LogP contribution in [-0.4, -0.2) is 37.2 Å². The highest BCUT2D eigenvalue weighted by atomic mass is 16.6. The average Bonchev–Trinajstić information content (AvgIpc) is 3.35. The third-order valence-electron chi connectivity index (χ3n) is 13.3. The Labute approximate surface area is 428 Å². The molecule has 0 radical (unpaired) electrons. The molecule has 0 spiro atoms. The summed E-state index contributed by atoms with van der Waals surface area (Å²) < 4.78 is 16.8. The molecule has 0 aromatic carbocycles. The second kappa shape index (κ2) is 57.9. The number of esters is 3. The van der Waals surface area contributed by atoms with Crippen LogP contribution in [0.3, 0.4) is 0 Å². The summed E-state index contributed by atoms with van der Waals surface area (Å²) in [6, 6.07) is 0. The van der Waals surface area contributed by atoms with Gasteiger partial charge in [0.2, 0.25) is 0 Å². The molecular weight excluding hydrogens is 853 g/mol. The molecule has 0 aromatic heterocycles. The molecule has 1 atom stereocenters. The van der Waals surface area contributed by atoms with Crippen molar-refractivity contribution in [3.8, 4) is 0 Å². The van der Waals surface area contributed by atoms with Gasteiger partial charge in [-0.15, -0.1) is 0 Å². The summed E-state index contributed by atoms with van der Waals surface area (Å²) in [6.07, 6.45) is 71.3. The first-order valence-corrected chi connectivity index (χ1v) is 30.1. The second-order valence-electron chi connectivity index (χ2n) is 20.2. The normalized spacial score (nSPS) is 12.3. The van der Waals surface area contributed by atoms with E-state index in [0.29, 0.717) is 19.3 Å². The molecular formula is C63H114O6. The molecule has 6 heteroatoms. The summed E-state index contributed by atoms with van der Waals surface area (Å²) >= 11 is 0. The molecule has 0 bridgehead atoms. The van der Waals surface area contributed by atoms with Crippen molar-refractivity contribution in [1.82, 2.24) is 0 Å². The topological polar surface area (TPSA) is 78.9 Å². The van der Waals surface area contributed by atoms with Crippen LogP contribution in [0.2, 0.25) is 0 Å². The van der Waals surface area contributed by atoms with Crippen molar-refractivity contribution in [1.29, 1.82) is 0 Å². The van der Waals surface area contributed by atoms with Crippen molar-refractivity contribution in [2.75, 3.05) is 13.2 Å². The van der Waals surface area contributed by atoms with Gasteiger partial charge in [-0.2, -0.15) is 0 Å². The summed E-state index contributed by atoms with van der Waals surface area (Å²) in [5, 5.41) is 0. The Morgan fingerprint density at radius 2 is 0.565 bits per heavy atom. The van der Waals surface area contributed by atoms with E-state index in [1.165, 1.54) is 186 Å². The van der Waals surface area contributed by atoms with E-state index in [4.69, 9.17) is 14.2 Å². The van der Waals surface area contributed by atoms with Crippen LogP contribution in [0.15, 0.2) is 48.6 Å². The van der Waals surface area contributed by atoms with Crippen molar-refractivity contribution < 1.29 is 28.6 Å². The SMILES string of the molecule is CC/C=C\C/C=C\C/C=C\CCCCCC(=O)OC(COC(=O)CCCCCCC/C=C\CCCCCC)COC(=O)CCCCCCCCCCCCCCCCCCCCCCCCCCC. The van der Waals surface area contributed by atoms with Gasteiger partial charge in [-0.25, -0.2) is 0 Å². The maximum absolute atomic E-state index is 12.8. The number of allylic oxidation sites excluding steroid dienone is 8. The highest BCUT2D eigenvalue weighted by molar-refractivity contribution is 5.71. The predicted molar refractivity (Wildman–Crippen MR) is 298 cm³/mol. The zero-order chi connectivity index (χ0) is 50.0. The van der Waals surface area contributed by atoms with Gasteiger partial charge >= 0.3 is 17.9 Å². The highest BCUT2D eigenvalue weighted by Gasteiger charge is 2.19. The molecule has 0 fully saturated rings. The van der Waals surface area contributed by atoms with E-state index in [1.54, 1.807) is 0 Å². The number of carbonyl (C=O) groups excluding carboxylic acids is 3. The van der Waals surface area contributed by atoms with Gasteiger partial charge in [0, 0.05) is 19.3 Å². The first kappa shape index (κ1) is 66.4.